The first-order valence-electron chi connectivity index (χ1n) is 7.93. The van der Waals surface area contributed by atoms with Crippen LogP contribution in [0, 0.1) is 10.7 Å². The van der Waals surface area contributed by atoms with Crippen LogP contribution in [-0.4, -0.2) is 35.2 Å². The summed E-state index contributed by atoms with van der Waals surface area (Å²) in [5.74, 6) is 0.205. The van der Waals surface area contributed by atoms with Crippen molar-refractivity contribution in [3.8, 4) is 0 Å². The molecule has 2 N–H and O–H groups in total. The lowest BCUT2D eigenvalue weighted by molar-refractivity contribution is -0.0406. The number of hydrogen-bond acceptors (Lipinski definition) is 5. The van der Waals surface area contributed by atoms with Gasteiger partial charge in [-0.25, -0.2) is 17.4 Å². The number of hydrogen-bond donors (Lipinski definition) is 2. The molecular formula is C15H19F3N2O3S2. The largest absolute Gasteiger partial charge is 0.483 e. The predicted octanol–water partition coefficient (Wildman–Crippen LogP) is 3.38. The minimum absolute atomic E-state index is 0.205. The molecule has 0 aromatic heterocycles. The molecule has 0 aliphatic carbocycles. The Bertz CT molecular complexity index is 829. The van der Waals surface area contributed by atoms with Crippen LogP contribution in [0.15, 0.2) is 29.2 Å². The van der Waals surface area contributed by atoms with Gasteiger partial charge in [0.2, 0.25) is 0 Å². The van der Waals surface area contributed by atoms with Crippen molar-refractivity contribution in [3.63, 3.8) is 0 Å². The summed E-state index contributed by atoms with van der Waals surface area (Å²) >= 11 is 0. The van der Waals surface area contributed by atoms with Crippen molar-refractivity contribution in [1.29, 1.82) is 4.78 Å². The topological polar surface area (TPSA) is 87.1 Å². The van der Waals surface area contributed by atoms with Crippen LogP contribution in [-0.2, 0) is 19.6 Å². The van der Waals surface area contributed by atoms with E-state index in [1.807, 2.05) is 0 Å². The Morgan fingerprint density at radius 2 is 1.64 bits per heavy atom. The normalized spacial score (nSPS) is 30.6. The molecule has 2 bridgehead atoms. The Kier molecular flexibility index (Phi) is 4.55. The molecule has 3 atom stereocenters. The van der Waals surface area contributed by atoms with Gasteiger partial charge in [-0.1, -0.05) is 0 Å². The van der Waals surface area contributed by atoms with Crippen molar-refractivity contribution in [2.75, 3.05) is 11.9 Å². The van der Waals surface area contributed by atoms with Crippen molar-refractivity contribution < 1.29 is 25.8 Å². The number of anilines is 1. The highest BCUT2D eigenvalue weighted by atomic mass is 32.2. The summed E-state index contributed by atoms with van der Waals surface area (Å²) in [6.45, 7) is 0.539. The average molecular weight is 396 g/mol. The molecule has 10 heteroatoms. The van der Waals surface area contributed by atoms with Crippen LogP contribution in [0.1, 0.15) is 25.7 Å². The molecule has 2 saturated heterocycles. The zero-order valence-corrected chi connectivity index (χ0v) is 14.9. The standard InChI is InChI=1S/C15H19F3N2O3S2/c16-15(17,18)25(19,23)12-3-1-11(2-4-12)20-9-10-7-13-5-6-14(8-10)24(13,21)22/h1-4,10,13-14,19-20H,5-9H2. The minimum Gasteiger partial charge on any atom is -0.385 e. The van der Waals surface area contributed by atoms with Gasteiger partial charge in [0.15, 0.2) is 19.6 Å². The molecule has 0 amide bonds. The number of sulfone groups is 1. The fourth-order valence-corrected chi connectivity index (χ4v) is 6.98. The van der Waals surface area contributed by atoms with Crippen LogP contribution in [0.25, 0.3) is 0 Å². The van der Waals surface area contributed by atoms with E-state index in [-0.39, 0.29) is 16.4 Å². The second-order valence-corrected chi connectivity index (χ2v) is 11.2. The number of alkyl halides is 3. The lowest BCUT2D eigenvalue weighted by Crippen LogP contribution is -2.35. The Balaban J connectivity index is 1.62. The fraction of sp³-hybridized carbons (Fsp3) is 0.600. The third-order valence-electron chi connectivity index (χ3n) is 5.04. The number of fused-ring (bicyclic) bond motifs is 2. The maximum absolute atomic E-state index is 12.6. The Hall–Kier alpha value is -1.29. The van der Waals surface area contributed by atoms with Crippen molar-refractivity contribution in [2.45, 2.75) is 46.6 Å². The second-order valence-electron chi connectivity index (χ2n) is 6.66. The number of benzene rings is 1. The molecule has 2 aliphatic heterocycles. The fourth-order valence-electron chi connectivity index (χ4n) is 3.64. The summed E-state index contributed by atoms with van der Waals surface area (Å²) in [6, 6.07) is 4.81. The molecule has 0 radical (unpaired) electrons. The monoisotopic (exact) mass is 396 g/mol. The molecular weight excluding hydrogens is 377 g/mol. The van der Waals surface area contributed by atoms with Crippen molar-refractivity contribution >= 4 is 25.3 Å². The van der Waals surface area contributed by atoms with E-state index < -0.39 is 30.0 Å². The van der Waals surface area contributed by atoms with E-state index in [0.717, 1.165) is 12.1 Å². The van der Waals surface area contributed by atoms with Crippen LogP contribution in [0.5, 0.6) is 0 Å². The molecule has 140 valence electrons. The van der Waals surface area contributed by atoms with Crippen LogP contribution in [0.3, 0.4) is 0 Å². The summed E-state index contributed by atoms with van der Waals surface area (Å²) in [7, 11) is -7.81. The molecule has 1 aromatic carbocycles. The van der Waals surface area contributed by atoms with Gasteiger partial charge in [-0.15, -0.1) is 0 Å². The average Bonchev–Trinajstić information content (AvgIpc) is 2.71. The molecule has 2 heterocycles. The van der Waals surface area contributed by atoms with Gasteiger partial charge in [0.1, 0.15) is 0 Å². The van der Waals surface area contributed by atoms with E-state index in [1.165, 1.54) is 12.1 Å². The number of nitrogens with one attached hydrogen (secondary N) is 2. The molecule has 0 saturated carbocycles. The van der Waals surface area contributed by atoms with Gasteiger partial charge in [-0.05, 0) is 55.9 Å². The third kappa shape index (κ3) is 3.38. The maximum atomic E-state index is 12.6. The summed E-state index contributed by atoms with van der Waals surface area (Å²) < 4.78 is 80.6. The SMILES string of the molecule is N=S(=O)(c1ccc(NCC2CC3CCC(C2)S3(=O)=O)cc1)C(F)(F)F. The Morgan fingerprint density at radius 3 is 2.12 bits per heavy atom. The first kappa shape index (κ1) is 18.5. The van der Waals surface area contributed by atoms with Crippen molar-refractivity contribution in [3.05, 3.63) is 24.3 Å². The van der Waals surface area contributed by atoms with Crippen molar-refractivity contribution in [2.24, 2.45) is 5.92 Å². The van der Waals surface area contributed by atoms with E-state index in [0.29, 0.717) is 37.9 Å². The molecule has 3 unspecified atom stereocenters. The van der Waals surface area contributed by atoms with Gasteiger partial charge in [-0.3, -0.25) is 0 Å². The van der Waals surface area contributed by atoms with Gasteiger partial charge >= 0.3 is 5.51 Å². The van der Waals surface area contributed by atoms with Crippen molar-refractivity contribution in [1.82, 2.24) is 0 Å². The van der Waals surface area contributed by atoms with Crippen LogP contribution in [0.4, 0.5) is 18.9 Å². The van der Waals surface area contributed by atoms with Gasteiger partial charge in [0.25, 0.3) is 0 Å². The summed E-state index contributed by atoms with van der Waals surface area (Å²) in [6.07, 6.45) is 2.65. The van der Waals surface area contributed by atoms with E-state index in [1.54, 1.807) is 0 Å². The molecule has 3 rings (SSSR count). The minimum atomic E-state index is -5.10. The lowest BCUT2D eigenvalue weighted by atomic mass is 9.99. The van der Waals surface area contributed by atoms with E-state index in [4.69, 9.17) is 4.78 Å². The summed E-state index contributed by atoms with van der Waals surface area (Å²) in [5, 5.41) is 2.57. The molecule has 2 fully saturated rings. The van der Waals surface area contributed by atoms with Crippen LogP contribution < -0.4 is 5.32 Å². The van der Waals surface area contributed by atoms with E-state index in [2.05, 4.69) is 5.32 Å². The van der Waals surface area contributed by atoms with E-state index >= 15 is 0 Å². The highest BCUT2D eigenvalue weighted by molar-refractivity contribution is 7.93. The van der Waals surface area contributed by atoms with Crippen LogP contribution in [0.2, 0.25) is 0 Å². The zero-order chi connectivity index (χ0) is 18.5. The highest BCUT2D eigenvalue weighted by Gasteiger charge is 2.46. The highest BCUT2D eigenvalue weighted by Crippen LogP contribution is 2.41. The molecule has 1 aromatic rings. The lowest BCUT2D eigenvalue weighted by Gasteiger charge is -2.28. The second kappa shape index (κ2) is 6.15. The van der Waals surface area contributed by atoms with Gasteiger partial charge in [0, 0.05) is 12.2 Å². The third-order valence-corrected chi connectivity index (χ3v) is 9.34. The number of rotatable bonds is 4. The van der Waals surface area contributed by atoms with Gasteiger partial charge < -0.3 is 5.32 Å². The Labute approximate surface area is 144 Å². The first-order valence-corrected chi connectivity index (χ1v) is 11.1. The van der Waals surface area contributed by atoms with Gasteiger partial charge in [0.05, 0.1) is 15.4 Å². The predicted molar refractivity (Wildman–Crippen MR) is 88.6 cm³/mol. The molecule has 5 nitrogen and oxygen atoms in total. The Morgan fingerprint density at radius 1 is 1.12 bits per heavy atom. The van der Waals surface area contributed by atoms with Gasteiger partial charge in [-0.2, -0.15) is 13.2 Å². The van der Waals surface area contributed by atoms with E-state index in [9.17, 15) is 25.8 Å². The maximum Gasteiger partial charge on any atom is 0.483 e. The molecule has 2 aliphatic rings. The summed E-state index contributed by atoms with van der Waals surface area (Å²) in [4.78, 5) is -0.577. The quantitative estimate of drug-likeness (QED) is 0.817. The molecule has 0 spiro atoms. The zero-order valence-electron chi connectivity index (χ0n) is 13.3. The summed E-state index contributed by atoms with van der Waals surface area (Å²) in [5.41, 5.74) is -4.55. The molecule has 25 heavy (non-hydrogen) atoms. The smallest absolute Gasteiger partial charge is 0.385 e. The van der Waals surface area contributed by atoms with Crippen LogP contribution >= 0.6 is 0 Å². The first-order chi connectivity index (χ1) is 11.5. The number of halogens is 3.